The monoisotopic (exact) mass is 403 g/mol. The number of aryl methyl sites for hydroxylation is 1. The Hall–Kier alpha value is -3.80. The van der Waals surface area contributed by atoms with E-state index in [0.29, 0.717) is 29.4 Å². The van der Waals surface area contributed by atoms with Crippen LogP contribution in [0.3, 0.4) is 0 Å². The second kappa shape index (κ2) is 7.91. The molecule has 2 heterocycles. The molecule has 6 heteroatoms. The fraction of sp³-hybridized carbons (Fsp3) is 0.167. The number of amides is 1. The maximum atomic E-state index is 13.0. The molecule has 1 unspecified atom stereocenters. The fourth-order valence-electron chi connectivity index (χ4n) is 3.65. The number of ether oxygens (including phenoxy) is 1. The van der Waals surface area contributed by atoms with Gasteiger partial charge in [-0.15, -0.1) is 0 Å². The zero-order valence-corrected chi connectivity index (χ0v) is 16.7. The van der Waals surface area contributed by atoms with Gasteiger partial charge in [-0.05, 0) is 55.8 Å². The summed E-state index contributed by atoms with van der Waals surface area (Å²) >= 11 is 0. The van der Waals surface area contributed by atoms with E-state index in [9.17, 15) is 14.7 Å². The maximum Gasteiger partial charge on any atom is 0.300 e. The van der Waals surface area contributed by atoms with Crippen LogP contribution < -0.4 is 9.64 Å². The smallest absolute Gasteiger partial charge is 0.300 e. The molecule has 4 rings (SSSR count). The molecule has 3 aromatic rings. The van der Waals surface area contributed by atoms with Gasteiger partial charge in [0.15, 0.2) is 0 Å². The normalized spacial score (nSPS) is 18.1. The van der Waals surface area contributed by atoms with Crippen molar-refractivity contribution in [1.82, 2.24) is 0 Å². The van der Waals surface area contributed by atoms with Crippen molar-refractivity contribution in [2.24, 2.45) is 0 Å². The Morgan fingerprint density at radius 2 is 1.90 bits per heavy atom. The molecule has 1 aromatic heterocycles. The molecule has 2 aromatic carbocycles. The van der Waals surface area contributed by atoms with Gasteiger partial charge in [-0.1, -0.05) is 24.3 Å². The molecular formula is C24H21NO5. The minimum absolute atomic E-state index is 0.0231. The van der Waals surface area contributed by atoms with Crippen LogP contribution >= 0.6 is 0 Å². The van der Waals surface area contributed by atoms with E-state index in [4.69, 9.17) is 9.15 Å². The van der Waals surface area contributed by atoms with Gasteiger partial charge in [0.1, 0.15) is 23.3 Å². The van der Waals surface area contributed by atoms with E-state index in [-0.39, 0.29) is 11.3 Å². The molecular weight excluding hydrogens is 382 g/mol. The Morgan fingerprint density at radius 1 is 1.10 bits per heavy atom. The number of aliphatic hydroxyl groups is 1. The number of ketones is 1. The molecule has 0 spiro atoms. The van der Waals surface area contributed by atoms with Gasteiger partial charge in [-0.25, -0.2) is 0 Å². The molecule has 1 N–H and O–H groups in total. The fourth-order valence-corrected chi connectivity index (χ4v) is 3.65. The highest BCUT2D eigenvalue weighted by molar-refractivity contribution is 6.51. The number of rotatable bonds is 5. The minimum Gasteiger partial charge on any atom is -0.507 e. The van der Waals surface area contributed by atoms with Gasteiger partial charge in [0.05, 0.1) is 18.4 Å². The van der Waals surface area contributed by atoms with E-state index in [2.05, 4.69) is 0 Å². The van der Waals surface area contributed by atoms with Crippen LogP contribution in [0, 0.1) is 6.92 Å². The van der Waals surface area contributed by atoms with Gasteiger partial charge >= 0.3 is 0 Å². The Kier molecular flexibility index (Phi) is 5.14. The highest BCUT2D eigenvalue weighted by Gasteiger charge is 2.48. The molecule has 0 bridgehead atoms. The van der Waals surface area contributed by atoms with Crippen molar-refractivity contribution < 1.29 is 23.8 Å². The van der Waals surface area contributed by atoms with E-state index in [1.165, 1.54) is 11.2 Å². The van der Waals surface area contributed by atoms with E-state index in [1.54, 1.807) is 42.5 Å². The quantitative estimate of drug-likeness (QED) is 0.382. The molecule has 1 amide bonds. The number of anilines is 1. The summed E-state index contributed by atoms with van der Waals surface area (Å²) in [6.07, 6.45) is 1.47. The Bertz CT molecular complexity index is 1130. The molecule has 1 saturated heterocycles. The minimum atomic E-state index is -0.877. The van der Waals surface area contributed by atoms with Crippen molar-refractivity contribution >= 4 is 23.1 Å². The van der Waals surface area contributed by atoms with Crippen molar-refractivity contribution in [3.8, 4) is 5.75 Å². The third kappa shape index (κ3) is 3.37. The second-order valence-corrected chi connectivity index (χ2v) is 6.98. The van der Waals surface area contributed by atoms with Crippen molar-refractivity contribution in [1.29, 1.82) is 0 Å². The standard InChI is InChI=1S/C24H21NO5/c1-3-29-18-10-5-8-16(14-18)22(26)20-21(19-11-6-12-30-19)25(24(28)23(20)27)17-9-4-7-15(2)13-17/h4-14,21,26H,3H2,1-2H3/b22-20-. The highest BCUT2D eigenvalue weighted by atomic mass is 16.5. The van der Waals surface area contributed by atoms with Crippen LogP contribution in [0.1, 0.15) is 29.9 Å². The molecule has 1 fully saturated rings. The van der Waals surface area contributed by atoms with Crippen LogP contribution in [0.5, 0.6) is 5.75 Å². The van der Waals surface area contributed by atoms with Crippen molar-refractivity contribution in [3.63, 3.8) is 0 Å². The van der Waals surface area contributed by atoms with Gasteiger partial charge in [-0.3, -0.25) is 14.5 Å². The van der Waals surface area contributed by atoms with Crippen LogP contribution in [0.2, 0.25) is 0 Å². The molecule has 30 heavy (non-hydrogen) atoms. The molecule has 0 saturated carbocycles. The number of carbonyl (C=O) groups excluding carboxylic acids is 2. The SMILES string of the molecule is CCOc1cccc(/C(O)=C2/C(=O)C(=O)N(c3cccc(C)c3)C2c2ccco2)c1. The number of hydrogen-bond donors (Lipinski definition) is 1. The lowest BCUT2D eigenvalue weighted by molar-refractivity contribution is -0.132. The van der Waals surface area contributed by atoms with Gasteiger partial charge in [0.2, 0.25) is 0 Å². The summed E-state index contributed by atoms with van der Waals surface area (Å²) < 4.78 is 11.1. The number of furan rings is 1. The lowest BCUT2D eigenvalue weighted by atomic mass is 9.99. The average Bonchev–Trinajstić information content (AvgIpc) is 3.35. The van der Waals surface area contributed by atoms with Gasteiger partial charge in [0, 0.05) is 11.3 Å². The highest BCUT2D eigenvalue weighted by Crippen LogP contribution is 2.42. The summed E-state index contributed by atoms with van der Waals surface area (Å²) in [6.45, 7) is 4.23. The zero-order valence-electron chi connectivity index (χ0n) is 16.7. The van der Waals surface area contributed by atoms with Crippen molar-refractivity contribution in [2.45, 2.75) is 19.9 Å². The van der Waals surface area contributed by atoms with Gasteiger partial charge in [-0.2, -0.15) is 0 Å². The lowest BCUT2D eigenvalue weighted by Gasteiger charge is -2.23. The summed E-state index contributed by atoms with van der Waals surface area (Å²) in [5.41, 5.74) is 1.86. The van der Waals surface area contributed by atoms with Crippen LogP contribution in [0.25, 0.3) is 5.76 Å². The summed E-state index contributed by atoms with van der Waals surface area (Å²) in [7, 11) is 0. The molecule has 152 valence electrons. The molecule has 1 aliphatic rings. The Balaban J connectivity index is 1.90. The summed E-state index contributed by atoms with van der Waals surface area (Å²) in [5.74, 6) is -0.810. The third-order valence-electron chi connectivity index (χ3n) is 4.96. The molecule has 1 atom stereocenters. The van der Waals surface area contributed by atoms with Crippen LogP contribution in [-0.4, -0.2) is 23.4 Å². The first-order valence-electron chi connectivity index (χ1n) is 9.65. The molecule has 0 aliphatic carbocycles. The molecule has 1 aliphatic heterocycles. The van der Waals surface area contributed by atoms with E-state index in [0.717, 1.165) is 5.56 Å². The van der Waals surface area contributed by atoms with Crippen LogP contribution in [-0.2, 0) is 9.59 Å². The number of carbonyl (C=O) groups is 2. The van der Waals surface area contributed by atoms with Gasteiger partial charge < -0.3 is 14.3 Å². The number of Topliss-reactive ketones (excluding diaryl/α,β-unsaturated/α-hetero) is 1. The predicted molar refractivity (Wildman–Crippen MR) is 112 cm³/mol. The maximum absolute atomic E-state index is 13.0. The van der Waals surface area contributed by atoms with Gasteiger partial charge in [0.25, 0.3) is 11.7 Å². The second-order valence-electron chi connectivity index (χ2n) is 6.98. The lowest BCUT2D eigenvalue weighted by Crippen LogP contribution is -2.29. The number of hydrogen-bond acceptors (Lipinski definition) is 5. The van der Waals surface area contributed by atoms with Crippen LogP contribution in [0.4, 0.5) is 5.69 Å². The Labute approximate surface area is 174 Å². The third-order valence-corrected chi connectivity index (χ3v) is 4.96. The predicted octanol–water partition coefficient (Wildman–Crippen LogP) is 4.61. The first-order chi connectivity index (χ1) is 14.5. The Morgan fingerprint density at radius 3 is 2.60 bits per heavy atom. The summed E-state index contributed by atoms with van der Waals surface area (Å²) in [5, 5.41) is 11.1. The van der Waals surface area contributed by atoms with E-state index >= 15 is 0 Å². The number of benzene rings is 2. The first-order valence-corrected chi connectivity index (χ1v) is 9.65. The topological polar surface area (TPSA) is 80.0 Å². The van der Waals surface area contributed by atoms with Crippen molar-refractivity contribution in [2.75, 3.05) is 11.5 Å². The molecule has 6 nitrogen and oxygen atoms in total. The summed E-state index contributed by atoms with van der Waals surface area (Å²) in [4.78, 5) is 27.4. The average molecular weight is 403 g/mol. The largest absolute Gasteiger partial charge is 0.507 e. The van der Waals surface area contributed by atoms with Crippen LogP contribution in [0.15, 0.2) is 76.9 Å². The molecule has 0 radical (unpaired) electrons. The number of nitrogens with zero attached hydrogens (tertiary/aromatic N) is 1. The zero-order chi connectivity index (χ0) is 21.3. The van der Waals surface area contributed by atoms with Crippen molar-refractivity contribution in [3.05, 3.63) is 89.4 Å². The van der Waals surface area contributed by atoms with E-state index < -0.39 is 17.7 Å². The van der Waals surface area contributed by atoms with E-state index in [1.807, 2.05) is 32.0 Å². The number of aliphatic hydroxyl groups excluding tert-OH is 1. The first kappa shape index (κ1) is 19.5. The summed E-state index contributed by atoms with van der Waals surface area (Å²) in [6, 6.07) is 16.6.